The molecule has 1 aliphatic rings. The molecular formula is C21H32IN5OS. The van der Waals surface area contributed by atoms with Gasteiger partial charge < -0.3 is 20.6 Å². The number of halogens is 1. The molecule has 2 aromatic rings. The molecule has 0 saturated carbocycles. The van der Waals surface area contributed by atoms with E-state index in [0.29, 0.717) is 25.6 Å². The number of aliphatic imine (C=N–C) groups is 1. The number of aliphatic hydroxyl groups excluding tert-OH is 1. The number of aromatic nitrogens is 1. The third kappa shape index (κ3) is 7.42. The third-order valence-electron chi connectivity index (χ3n) is 5.01. The summed E-state index contributed by atoms with van der Waals surface area (Å²) in [6.45, 7) is 8.64. The topological polar surface area (TPSA) is 72.8 Å². The number of thiazole rings is 1. The number of piperidine rings is 1. The number of hydrogen-bond acceptors (Lipinski definition) is 5. The Morgan fingerprint density at radius 1 is 1.24 bits per heavy atom. The number of aliphatic hydroxyl groups is 1. The summed E-state index contributed by atoms with van der Waals surface area (Å²) in [4.78, 5) is 12.7. The van der Waals surface area contributed by atoms with E-state index in [9.17, 15) is 5.11 Å². The molecular weight excluding hydrogens is 497 g/mol. The highest BCUT2D eigenvalue weighted by Crippen LogP contribution is 2.23. The van der Waals surface area contributed by atoms with E-state index < -0.39 is 0 Å². The molecule has 0 radical (unpaired) electrons. The number of aryl methyl sites for hydroxylation is 1. The lowest BCUT2D eigenvalue weighted by Crippen LogP contribution is -2.36. The lowest BCUT2D eigenvalue weighted by atomic mass is 9.97. The number of nitrogens with one attached hydrogen (secondary N) is 2. The second-order valence-corrected chi connectivity index (χ2v) is 8.51. The smallest absolute Gasteiger partial charge is 0.191 e. The van der Waals surface area contributed by atoms with Gasteiger partial charge >= 0.3 is 0 Å². The first kappa shape index (κ1) is 23.9. The molecule has 0 bridgehead atoms. The van der Waals surface area contributed by atoms with E-state index >= 15 is 0 Å². The van der Waals surface area contributed by atoms with Gasteiger partial charge in [-0.25, -0.2) is 9.98 Å². The Morgan fingerprint density at radius 2 is 1.97 bits per heavy atom. The van der Waals surface area contributed by atoms with Crippen LogP contribution in [0, 0.1) is 12.8 Å². The molecule has 0 unspecified atom stereocenters. The fourth-order valence-corrected chi connectivity index (χ4v) is 4.07. The Morgan fingerprint density at radius 3 is 2.55 bits per heavy atom. The van der Waals surface area contributed by atoms with E-state index in [1.54, 1.807) is 11.3 Å². The van der Waals surface area contributed by atoms with Crippen LogP contribution in [-0.2, 0) is 13.1 Å². The first-order chi connectivity index (χ1) is 13.7. The molecule has 1 fully saturated rings. The number of guanidine groups is 1. The van der Waals surface area contributed by atoms with Gasteiger partial charge in [0.25, 0.3) is 0 Å². The molecule has 1 aliphatic heterocycles. The highest BCUT2D eigenvalue weighted by Gasteiger charge is 2.18. The van der Waals surface area contributed by atoms with Crippen molar-refractivity contribution in [3.63, 3.8) is 0 Å². The van der Waals surface area contributed by atoms with Gasteiger partial charge in [-0.05, 0) is 50.3 Å². The van der Waals surface area contributed by atoms with Gasteiger partial charge in [-0.15, -0.1) is 35.3 Å². The molecule has 1 aromatic heterocycles. The fraction of sp³-hybridized carbons (Fsp3) is 0.524. The zero-order valence-electron chi connectivity index (χ0n) is 17.2. The zero-order chi connectivity index (χ0) is 19.8. The summed E-state index contributed by atoms with van der Waals surface area (Å²) in [7, 11) is 0. The van der Waals surface area contributed by atoms with Crippen molar-refractivity contribution >= 4 is 47.0 Å². The molecule has 0 amide bonds. The molecule has 0 atom stereocenters. The number of rotatable bonds is 7. The van der Waals surface area contributed by atoms with Gasteiger partial charge in [-0.2, -0.15) is 0 Å². The number of hydrogen-bond donors (Lipinski definition) is 3. The van der Waals surface area contributed by atoms with Crippen LogP contribution in [0.15, 0.2) is 35.5 Å². The first-order valence-corrected chi connectivity index (χ1v) is 10.9. The number of anilines is 1. The Balaban J connectivity index is 0.00000300. The molecule has 0 aliphatic carbocycles. The van der Waals surface area contributed by atoms with Crippen molar-refractivity contribution in [2.45, 2.75) is 39.8 Å². The van der Waals surface area contributed by atoms with Gasteiger partial charge in [0.15, 0.2) is 5.96 Å². The summed E-state index contributed by atoms with van der Waals surface area (Å²) < 4.78 is 0. The van der Waals surface area contributed by atoms with Crippen molar-refractivity contribution in [3.8, 4) is 0 Å². The van der Waals surface area contributed by atoms with Gasteiger partial charge in [0.1, 0.15) is 5.01 Å². The van der Waals surface area contributed by atoms with Crippen LogP contribution in [0.3, 0.4) is 0 Å². The van der Waals surface area contributed by atoms with Crippen molar-refractivity contribution in [1.82, 2.24) is 15.6 Å². The minimum absolute atomic E-state index is 0. The van der Waals surface area contributed by atoms with Crippen LogP contribution in [0.25, 0.3) is 0 Å². The molecule has 29 heavy (non-hydrogen) atoms. The monoisotopic (exact) mass is 529 g/mol. The van der Waals surface area contributed by atoms with Crippen molar-refractivity contribution in [3.05, 3.63) is 45.9 Å². The van der Waals surface area contributed by atoms with E-state index in [4.69, 9.17) is 4.99 Å². The zero-order valence-corrected chi connectivity index (χ0v) is 20.4. The van der Waals surface area contributed by atoms with Crippen LogP contribution in [0.2, 0.25) is 0 Å². The molecule has 2 heterocycles. The van der Waals surface area contributed by atoms with Crippen LogP contribution >= 0.6 is 35.3 Å². The maximum absolute atomic E-state index is 9.29. The predicted octanol–water partition coefficient (Wildman–Crippen LogP) is 3.53. The quantitative estimate of drug-likeness (QED) is 0.291. The van der Waals surface area contributed by atoms with E-state index in [-0.39, 0.29) is 24.0 Å². The van der Waals surface area contributed by atoms with Crippen LogP contribution in [0.4, 0.5) is 5.69 Å². The lowest BCUT2D eigenvalue weighted by Gasteiger charge is -2.32. The Kier molecular flexibility index (Phi) is 10.2. The van der Waals surface area contributed by atoms with E-state index in [2.05, 4.69) is 58.6 Å². The van der Waals surface area contributed by atoms with Gasteiger partial charge in [0.2, 0.25) is 0 Å². The Labute approximate surface area is 194 Å². The van der Waals surface area contributed by atoms with E-state index in [1.807, 2.05) is 6.20 Å². The average Bonchev–Trinajstić information content (AvgIpc) is 3.16. The predicted molar refractivity (Wildman–Crippen MR) is 132 cm³/mol. The maximum atomic E-state index is 9.29. The summed E-state index contributed by atoms with van der Waals surface area (Å²) in [5.74, 6) is 1.28. The lowest BCUT2D eigenvalue weighted by molar-refractivity contribution is 0.203. The highest BCUT2D eigenvalue weighted by molar-refractivity contribution is 14.0. The fourth-order valence-electron chi connectivity index (χ4n) is 3.34. The molecule has 1 aromatic carbocycles. The van der Waals surface area contributed by atoms with Gasteiger partial charge in [0.05, 0.1) is 13.1 Å². The Bertz CT molecular complexity index is 757. The molecule has 8 heteroatoms. The summed E-state index contributed by atoms with van der Waals surface area (Å²) in [6, 6.07) is 8.68. The summed E-state index contributed by atoms with van der Waals surface area (Å²) >= 11 is 1.70. The highest BCUT2D eigenvalue weighted by atomic mass is 127. The van der Waals surface area contributed by atoms with Gasteiger partial charge in [-0.1, -0.05) is 12.1 Å². The summed E-state index contributed by atoms with van der Waals surface area (Å²) in [5, 5.41) is 17.0. The SMILES string of the molecule is CCNC(=NCc1ccc(N2CCC(CO)CC2)cc1)NCc1ncc(C)s1.I. The number of benzene rings is 1. The minimum Gasteiger partial charge on any atom is -0.396 e. The van der Waals surface area contributed by atoms with Crippen LogP contribution < -0.4 is 15.5 Å². The second kappa shape index (κ2) is 12.3. The number of nitrogens with zero attached hydrogens (tertiary/aromatic N) is 3. The van der Waals surface area contributed by atoms with Crippen molar-refractivity contribution < 1.29 is 5.11 Å². The summed E-state index contributed by atoms with van der Waals surface area (Å²) in [6.07, 6.45) is 4.04. The molecule has 1 saturated heterocycles. The van der Waals surface area contributed by atoms with E-state index in [0.717, 1.165) is 43.4 Å². The van der Waals surface area contributed by atoms with Gasteiger partial charge in [-0.3, -0.25) is 0 Å². The second-order valence-electron chi connectivity index (χ2n) is 7.19. The largest absolute Gasteiger partial charge is 0.396 e. The summed E-state index contributed by atoms with van der Waals surface area (Å²) in [5.41, 5.74) is 2.45. The normalized spacial score (nSPS) is 15.1. The maximum Gasteiger partial charge on any atom is 0.191 e. The standard InChI is InChI=1S/C21H31N5OS.HI/c1-3-22-21(25-14-20-23-12-16(2)28-20)24-13-17-4-6-19(7-5-17)26-10-8-18(15-27)9-11-26;/h4-7,12,18,27H,3,8-11,13-15H2,1-2H3,(H2,22,24,25);1H. The third-order valence-corrected chi connectivity index (χ3v) is 5.93. The van der Waals surface area contributed by atoms with Gasteiger partial charge in [0, 0.05) is 43.0 Å². The molecule has 0 spiro atoms. The molecule has 160 valence electrons. The van der Waals surface area contributed by atoms with Crippen molar-refractivity contribution in [1.29, 1.82) is 0 Å². The molecule has 3 N–H and O–H groups in total. The van der Waals surface area contributed by atoms with Crippen LogP contribution in [0.1, 0.15) is 35.2 Å². The van der Waals surface area contributed by atoms with E-state index in [1.165, 1.54) is 16.1 Å². The first-order valence-electron chi connectivity index (χ1n) is 10.1. The molecule has 3 rings (SSSR count). The Hall–Kier alpha value is -1.39. The van der Waals surface area contributed by atoms with Crippen molar-refractivity contribution in [2.24, 2.45) is 10.9 Å². The van der Waals surface area contributed by atoms with Crippen LogP contribution in [0.5, 0.6) is 0 Å². The van der Waals surface area contributed by atoms with Crippen LogP contribution in [-0.4, -0.2) is 42.3 Å². The van der Waals surface area contributed by atoms with Crippen molar-refractivity contribution in [2.75, 3.05) is 31.1 Å². The molecule has 6 nitrogen and oxygen atoms in total. The minimum atomic E-state index is 0. The average molecular weight is 529 g/mol.